The van der Waals surface area contributed by atoms with E-state index in [4.69, 9.17) is 19.8 Å². The van der Waals surface area contributed by atoms with Gasteiger partial charge < -0.3 is 15.1 Å². The molecule has 1 fully saturated rings. The molecule has 0 unspecified atom stereocenters. The fraction of sp³-hybridized carbons (Fsp3) is 0.250. The molecule has 0 bridgehead atoms. The summed E-state index contributed by atoms with van der Waals surface area (Å²) in [7, 11) is 0. The summed E-state index contributed by atoms with van der Waals surface area (Å²) in [5, 5.41) is 25.5. The topological polar surface area (TPSA) is 141 Å². The molecule has 2 aromatic carbocycles. The van der Waals surface area contributed by atoms with E-state index < -0.39 is 16.9 Å². The van der Waals surface area contributed by atoms with Crippen molar-refractivity contribution >= 4 is 23.5 Å². The van der Waals surface area contributed by atoms with Gasteiger partial charge in [0, 0.05) is 56.0 Å². The predicted octanol–water partition coefficient (Wildman–Crippen LogP) is 1.85. The second-order valence-corrected chi connectivity index (χ2v) is 6.57. The van der Waals surface area contributed by atoms with Crippen LogP contribution in [0.25, 0.3) is 0 Å². The number of carbonyl (C=O) groups excluding carboxylic acids is 1. The molecule has 1 aliphatic heterocycles. The Morgan fingerprint density at radius 2 is 1.48 bits per heavy atom. The zero-order valence-corrected chi connectivity index (χ0v) is 16.3. The highest BCUT2D eigenvalue weighted by molar-refractivity contribution is 6.27. The molecule has 0 radical (unpaired) electrons. The lowest BCUT2D eigenvalue weighted by molar-refractivity contribution is -0.384. The van der Waals surface area contributed by atoms with Crippen LogP contribution in [-0.4, -0.2) is 69.0 Å². The smallest absolute Gasteiger partial charge is 0.414 e. The van der Waals surface area contributed by atoms with Crippen LogP contribution in [0, 0.1) is 15.9 Å². The molecule has 1 saturated heterocycles. The number of non-ortho nitro benzene ring substituents is 1. The van der Waals surface area contributed by atoms with Crippen molar-refractivity contribution in [1.82, 2.24) is 9.80 Å². The standard InChI is InChI=1S/C18H18FN3O3.C2H2O4/c19-17-4-2-1-3-15(17)13-20-9-11-21(12-10-20)18(23)14-5-7-16(8-6-14)22(24)25;3-1(4)2(5)6/h1-8H,9-13H2;(H,3,4)(H,5,6). The molecule has 1 amide bonds. The molecule has 0 saturated carbocycles. The molecule has 10 nitrogen and oxygen atoms in total. The quantitative estimate of drug-likeness (QED) is 0.423. The average molecular weight is 433 g/mol. The number of rotatable bonds is 4. The van der Waals surface area contributed by atoms with Crippen LogP contribution in [0.1, 0.15) is 15.9 Å². The lowest BCUT2D eigenvalue weighted by Crippen LogP contribution is -2.48. The minimum Gasteiger partial charge on any atom is -0.473 e. The maximum atomic E-state index is 13.7. The minimum atomic E-state index is -1.82. The van der Waals surface area contributed by atoms with Crippen LogP contribution >= 0.6 is 0 Å². The lowest BCUT2D eigenvalue weighted by Gasteiger charge is -2.34. The molecule has 1 aliphatic rings. The first-order valence-electron chi connectivity index (χ1n) is 9.14. The van der Waals surface area contributed by atoms with Gasteiger partial charge in [0.1, 0.15) is 5.82 Å². The van der Waals surface area contributed by atoms with Crippen LogP contribution in [0.2, 0.25) is 0 Å². The Balaban J connectivity index is 0.000000501. The summed E-state index contributed by atoms with van der Waals surface area (Å²) in [6.45, 7) is 2.93. The van der Waals surface area contributed by atoms with Crippen molar-refractivity contribution in [2.75, 3.05) is 26.2 Å². The van der Waals surface area contributed by atoms with E-state index in [-0.39, 0.29) is 17.4 Å². The molecule has 0 aromatic heterocycles. The van der Waals surface area contributed by atoms with E-state index in [1.807, 2.05) is 6.07 Å². The number of carboxylic acids is 2. The van der Waals surface area contributed by atoms with E-state index >= 15 is 0 Å². The van der Waals surface area contributed by atoms with Crippen molar-refractivity contribution in [3.05, 3.63) is 75.6 Å². The van der Waals surface area contributed by atoms with Crippen LogP contribution < -0.4 is 0 Å². The van der Waals surface area contributed by atoms with Gasteiger partial charge in [0.25, 0.3) is 11.6 Å². The Bertz CT molecular complexity index is 946. The molecule has 0 atom stereocenters. The van der Waals surface area contributed by atoms with Gasteiger partial charge in [-0.25, -0.2) is 14.0 Å². The third-order valence-electron chi connectivity index (χ3n) is 4.52. The SMILES string of the molecule is O=C(O)C(=O)O.O=C(c1ccc([N+](=O)[O-])cc1)N1CCN(Cc2ccccc2F)CC1. The minimum absolute atomic E-state index is 0.0359. The fourth-order valence-corrected chi connectivity index (χ4v) is 2.88. The summed E-state index contributed by atoms with van der Waals surface area (Å²) in [6.07, 6.45) is 0. The van der Waals surface area contributed by atoms with E-state index in [0.717, 1.165) is 0 Å². The summed E-state index contributed by atoms with van der Waals surface area (Å²) in [4.78, 5) is 44.7. The van der Waals surface area contributed by atoms with Gasteiger partial charge >= 0.3 is 11.9 Å². The van der Waals surface area contributed by atoms with Gasteiger partial charge in [0.15, 0.2) is 0 Å². The second kappa shape index (κ2) is 10.8. The summed E-state index contributed by atoms with van der Waals surface area (Å²) in [6, 6.07) is 12.3. The third kappa shape index (κ3) is 6.85. The monoisotopic (exact) mass is 433 g/mol. The molecule has 2 aromatic rings. The Morgan fingerprint density at radius 1 is 0.935 bits per heavy atom. The zero-order chi connectivity index (χ0) is 23.0. The van der Waals surface area contributed by atoms with Crippen molar-refractivity contribution < 1.29 is 33.9 Å². The number of carboxylic acid groups (broad SMARTS) is 2. The zero-order valence-electron chi connectivity index (χ0n) is 16.3. The molecule has 31 heavy (non-hydrogen) atoms. The van der Waals surface area contributed by atoms with Gasteiger partial charge in [0.05, 0.1) is 4.92 Å². The maximum Gasteiger partial charge on any atom is 0.414 e. The molecule has 11 heteroatoms. The number of nitro groups is 1. The second-order valence-electron chi connectivity index (χ2n) is 6.57. The number of amides is 1. The number of halogens is 1. The van der Waals surface area contributed by atoms with Gasteiger partial charge in [0.2, 0.25) is 0 Å². The Hall–Kier alpha value is -3.86. The van der Waals surface area contributed by atoms with Crippen LogP contribution in [0.4, 0.5) is 10.1 Å². The molecule has 1 heterocycles. The van der Waals surface area contributed by atoms with Crippen molar-refractivity contribution in [2.24, 2.45) is 0 Å². The summed E-state index contributed by atoms with van der Waals surface area (Å²) in [5.74, 6) is -4.00. The highest BCUT2D eigenvalue weighted by Gasteiger charge is 2.23. The Kier molecular flexibility index (Phi) is 8.15. The molecule has 3 rings (SSSR count). The van der Waals surface area contributed by atoms with Crippen molar-refractivity contribution in [1.29, 1.82) is 0 Å². The van der Waals surface area contributed by atoms with Crippen molar-refractivity contribution in [3.8, 4) is 0 Å². The lowest BCUT2D eigenvalue weighted by atomic mass is 10.1. The first kappa shape index (κ1) is 23.4. The molecular formula is C20H20FN3O7. The van der Waals surface area contributed by atoms with Crippen molar-refractivity contribution in [2.45, 2.75) is 6.54 Å². The number of piperazine rings is 1. The fourth-order valence-electron chi connectivity index (χ4n) is 2.88. The Labute approximate surface area is 176 Å². The van der Waals surface area contributed by atoms with E-state index in [1.165, 1.54) is 30.3 Å². The van der Waals surface area contributed by atoms with Crippen LogP contribution in [0.5, 0.6) is 0 Å². The highest BCUT2D eigenvalue weighted by Crippen LogP contribution is 2.16. The van der Waals surface area contributed by atoms with Gasteiger partial charge in [-0.05, 0) is 18.2 Å². The van der Waals surface area contributed by atoms with E-state index in [9.17, 15) is 19.3 Å². The Morgan fingerprint density at radius 3 is 1.97 bits per heavy atom. The highest BCUT2D eigenvalue weighted by atomic mass is 19.1. The summed E-state index contributed by atoms with van der Waals surface area (Å²) >= 11 is 0. The van der Waals surface area contributed by atoms with Crippen LogP contribution in [0.3, 0.4) is 0 Å². The number of nitrogens with zero attached hydrogens (tertiary/aromatic N) is 3. The maximum absolute atomic E-state index is 13.7. The number of hydrogen-bond donors (Lipinski definition) is 2. The van der Waals surface area contributed by atoms with Gasteiger partial charge in [-0.2, -0.15) is 0 Å². The molecular weight excluding hydrogens is 413 g/mol. The molecule has 2 N–H and O–H groups in total. The van der Waals surface area contributed by atoms with E-state index in [0.29, 0.717) is 43.9 Å². The number of hydrogen-bond acceptors (Lipinski definition) is 6. The van der Waals surface area contributed by atoms with E-state index in [2.05, 4.69) is 4.90 Å². The number of aliphatic carboxylic acids is 2. The summed E-state index contributed by atoms with van der Waals surface area (Å²) in [5.41, 5.74) is 1.05. The van der Waals surface area contributed by atoms with Gasteiger partial charge in [-0.1, -0.05) is 18.2 Å². The predicted molar refractivity (Wildman–Crippen MR) is 106 cm³/mol. The first-order valence-corrected chi connectivity index (χ1v) is 9.14. The number of carbonyl (C=O) groups is 3. The number of benzene rings is 2. The van der Waals surface area contributed by atoms with Crippen LogP contribution in [0.15, 0.2) is 48.5 Å². The molecule has 164 valence electrons. The van der Waals surface area contributed by atoms with Gasteiger partial charge in [-0.3, -0.25) is 19.8 Å². The number of nitro benzene ring substituents is 1. The molecule has 0 spiro atoms. The summed E-state index contributed by atoms with van der Waals surface area (Å²) < 4.78 is 13.7. The third-order valence-corrected chi connectivity index (χ3v) is 4.52. The van der Waals surface area contributed by atoms with Crippen molar-refractivity contribution in [3.63, 3.8) is 0 Å². The van der Waals surface area contributed by atoms with Gasteiger partial charge in [-0.15, -0.1) is 0 Å². The normalized spacial score (nSPS) is 13.6. The van der Waals surface area contributed by atoms with Crippen LogP contribution in [-0.2, 0) is 16.1 Å². The van der Waals surface area contributed by atoms with E-state index in [1.54, 1.807) is 17.0 Å². The first-order chi connectivity index (χ1) is 14.7. The average Bonchev–Trinajstić information content (AvgIpc) is 2.76. The molecule has 0 aliphatic carbocycles. The largest absolute Gasteiger partial charge is 0.473 e.